The van der Waals surface area contributed by atoms with Gasteiger partial charge in [-0.1, -0.05) is 12.1 Å². The van der Waals surface area contributed by atoms with Crippen molar-refractivity contribution in [3.63, 3.8) is 0 Å². The largest absolute Gasteiger partial charge is 0.494 e. The topological polar surface area (TPSA) is 117 Å². The number of rotatable bonds is 6. The molecular formula is C18H17N3O5. The summed E-state index contributed by atoms with van der Waals surface area (Å²) in [5.74, 6) is -2.17. The first-order valence-corrected chi connectivity index (χ1v) is 7.70. The smallest absolute Gasteiger partial charge is 0.335 e. The minimum atomic E-state index is -1.03. The predicted molar refractivity (Wildman–Crippen MR) is 95.4 cm³/mol. The van der Waals surface area contributed by atoms with Crippen LogP contribution in [0, 0.1) is 0 Å². The molecule has 0 fully saturated rings. The summed E-state index contributed by atoms with van der Waals surface area (Å²) in [5, 5.41) is 14.9. The highest BCUT2D eigenvalue weighted by Gasteiger charge is 2.12. The quantitative estimate of drug-likeness (QED) is 0.415. The van der Waals surface area contributed by atoms with Crippen LogP contribution < -0.4 is 15.5 Å². The van der Waals surface area contributed by atoms with Crippen molar-refractivity contribution < 1.29 is 24.2 Å². The van der Waals surface area contributed by atoms with Gasteiger partial charge < -0.3 is 15.2 Å². The lowest BCUT2D eigenvalue weighted by Crippen LogP contribution is -2.32. The normalized spacial score (nSPS) is 10.3. The summed E-state index contributed by atoms with van der Waals surface area (Å²) in [6.45, 7) is 2.40. The first-order valence-electron chi connectivity index (χ1n) is 7.70. The van der Waals surface area contributed by atoms with Gasteiger partial charge in [-0.15, -0.1) is 0 Å². The summed E-state index contributed by atoms with van der Waals surface area (Å²) in [6, 6.07) is 12.4. The molecule has 0 radical (unpaired) electrons. The van der Waals surface area contributed by atoms with Crippen molar-refractivity contribution in [1.82, 2.24) is 5.43 Å². The van der Waals surface area contributed by atoms with Crippen LogP contribution in [0.3, 0.4) is 0 Å². The van der Waals surface area contributed by atoms with Crippen molar-refractivity contribution in [2.45, 2.75) is 6.92 Å². The van der Waals surface area contributed by atoms with Crippen molar-refractivity contribution in [1.29, 1.82) is 0 Å². The lowest BCUT2D eigenvalue weighted by Gasteiger charge is -2.06. The van der Waals surface area contributed by atoms with Gasteiger partial charge in [0.15, 0.2) is 0 Å². The van der Waals surface area contributed by atoms with Gasteiger partial charge in [-0.2, -0.15) is 5.10 Å². The number of hydrogen-bond acceptors (Lipinski definition) is 5. The second-order valence-corrected chi connectivity index (χ2v) is 5.04. The van der Waals surface area contributed by atoms with E-state index in [2.05, 4.69) is 15.8 Å². The van der Waals surface area contributed by atoms with E-state index in [4.69, 9.17) is 9.84 Å². The monoisotopic (exact) mass is 355 g/mol. The van der Waals surface area contributed by atoms with Crippen LogP contribution in [0.5, 0.6) is 5.75 Å². The van der Waals surface area contributed by atoms with Gasteiger partial charge in [0, 0.05) is 5.69 Å². The summed E-state index contributed by atoms with van der Waals surface area (Å²) >= 11 is 0. The van der Waals surface area contributed by atoms with Crippen LogP contribution in [0.1, 0.15) is 22.8 Å². The molecule has 0 spiro atoms. The Kier molecular flexibility index (Phi) is 6.44. The third-order valence-corrected chi connectivity index (χ3v) is 3.17. The van der Waals surface area contributed by atoms with Gasteiger partial charge in [-0.3, -0.25) is 9.59 Å². The van der Waals surface area contributed by atoms with Crippen LogP contribution in [-0.4, -0.2) is 35.7 Å². The molecule has 0 saturated carbocycles. The first kappa shape index (κ1) is 18.7. The first-order chi connectivity index (χ1) is 12.5. The summed E-state index contributed by atoms with van der Waals surface area (Å²) in [5.41, 5.74) is 3.26. The lowest BCUT2D eigenvalue weighted by atomic mass is 10.1. The van der Waals surface area contributed by atoms with E-state index >= 15 is 0 Å². The zero-order valence-electron chi connectivity index (χ0n) is 13.9. The SMILES string of the molecule is CCOc1ccc(NC(=O)C(=O)NN=Cc2ccc(C(=O)O)cc2)cc1. The Labute approximate surface area is 149 Å². The third-order valence-electron chi connectivity index (χ3n) is 3.17. The lowest BCUT2D eigenvalue weighted by molar-refractivity contribution is -0.136. The molecule has 0 bridgehead atoms. The van der Waals surface area contributed by atoms with Crippen molar-refractivity contribution in [3.8, 4) is 5.75 Å². The molecule has 0 unspecified atom stereocenters. The van der Waals surface area contributed by atoms with Gasteiger partial charge in [0.1, 0.15) is 5.75 Å². The molecule has 0 aromatic heterocycles. The average Bonchev–Trinajstić information content (AvgIpc) is 2.64. The molecule has 2 amide bonds. The van der Waals surface area contributed by atoms with E-state index in [0.29, 0.717) is 23.6 Å². The highest BCUT2D eigenvalue weighted by Crippen LogP contribution is 2.15. The van der Waals surface area contributed by atoms with E-state index in [-0.39, 0.29) is 5.56 Å². The van der Waals surface area contributed by atoms with Crippen LogP contribution in [-0.2, 0) is 9.59 Å². The Hall–Kier alpha value is -3.68. The number of carboxylic acid groups (broad SMARTS) is 1. The van der Waals surface area contributed by atoms with Crippen LogP contribution >= 0.6 is 0 Å². The molecule has 134 valence electrons. The van der Waals surface area contributed by atoms with Gasteiger partial charge in [-0.05, 0) is 48.9 Å². The van der Waals surface area contributed by atoms with Crippen molar-refractivity contribution in [2.24, 2.45) is 5.10 Å². The van der Waals surface area contributed by atoms with Crippen molar-refractivity contribution in [2.75, 3.05) is 11.9 Å². The molecule has 0 atom stereocenters. The minimum Gasteiger partial charge on any atom is -0.494 e. The molecule has 2 aromatic carbocycles. The van der Waals surface area contributed by atoms with E-state index in [1.165, 1.54) is 30.5 Å². The van der Waals surface area contributed by atoms with E-state index in [1.807, 2.05) is 6.92 Å². The van der Waals surface area contributed by atoms with Gasteiger partial charge in [0.05, 0.1) is 18.4 Å². The van der Waals surface area contributed by atoms with Crippen molar-refractivity contribution >= 4 is 29.7 Å². The van der Waals surface area contributed by atoms with Crippen LogP contribution in [0.15, 0.2) is 53.6 Å². The number of anilines is 1. The standard InChI is InChI=1S/C18H17N3O5/c1-2-26-15-9-7-14(8-10-15)20-16(22)17(23)21-19-11-12-3-5-13(6-4-12)18(24)25/h3-11H,2H2,1H3,(H,20,22)(H,21,23)(H,24,25). The number of benzene rings is 2. The molecule has 0 aliphatic carbocycles. The maximum atomic E-state index is 11.8. The number of hydrazone groups is 1. The Morgan fingerprint density at radius 1 is 1.04 bits per heavy atom. The molecule has 3 N–H and O–H groups in total. The van der Waals surface area contributed by atoms with Gasteiger partial charge in [0.2, 0.25) is 0 Å². The van der Waals surface area contributed by atoms with Crippen molar-refractivity contribution in [3.05, 3.63) is 59.7 Å². The number of nitrogens with zero attached hydrogens (tertiary/aromatic N) is 1. The maximum Gasteiger partial charge on any atom is 0.335 e. The highest BCUT2D eigenvalue weighted by atomic mass is 16.5. The van der Waals surface area contributed by atoms with Crippen LogP contribution in [0.2, 0.25) is 0 Å². The summed E-state index contributed by atoms with van der Waals surface area (Å²) in [4.78, 5) is 34.3. The number of carbonyl (C=O) groups is 3. The average molecular weight is 355 g/mol. The zero-order chi connectivity index (χ0) is 18.9. The molecule has 0 saturated heterocycles. The number of carbonyl (C=O) groups excluding carboxylic acids is 2. The Bertz CT molecular complexity index is 814. The molecule has 8 heteroatoms. The minimum absolute atomic E-state index is 0.140. The second kappa shape index (κ2) is 8.97. The number of amides is 2. The van der Waals surface area contributed by atoms with E-state index in [0.717, 1.165) is 0 Å². The molecule has 8 nitrogen and oxygen atoms in total. The molecular weight excluding hydrogens is 338 g/mol. The Morgan fingerprint density at radius 3 is 2.27 bits per heavy atom. The summed E-state index contributed by atoms with van der Waals surface area (Å²) in [7, 11) is 0. The van der Waals surface area contributed by atoms with Crippen LogP contribution in [0.25, 0.3) is 0 Å². The van der Waals surface area contributed by atoms with E-state index < -0.39 is 17.8 Å². The predicted octanol–water partition coefficient (Wildman–Crippen LogP) is 1.87. The fraction of sp³-hybridized carbons (Fsp3) is 0.111. The molecule has 0 heterocycles. The number of ether oxygens (including phenoxy) is 1. The molecule has 0 aliphatic rings. The second-order valence-electron chi connectivity index (χ2n) is 5.04. The maximum absolute atomic E-state index is 11.8. The zero-order valence-corrected chi connectivity index (χ0v) is 13.9. The Balaban J connectivity index is 1.86. The van der Waals surface area contributed by atoms with Gasteiger partial charge in [-0.25, -0.2) is 10.2 Å². The number of carboxylic acids is 1. The molecule has 2 aromatic rings. The van der Waals surface area contributed by atoms with Crippen LogP contribution in [0.4, 0.5) is 5.69 Å². The fourth-order valence-corrected chi connectivity index (χ4v) is 1.92. The molecule has 0 aliphatic heterocycles. The number of hydrogen-bond donors (Lipinski definition) is 3. The van der Waals surface area contributed by atoms with Gasteiger partial charge >= 0.3 is 17.8 Å². The summed E-state index contributed by atoms with van der Waals surface area (Å²) in [6.07, 6.45) is 1.30. The molecule has 2 rings (SSSR count). The Morgan fingerprint density at radius 2 is 1.69 bits per heavy atom. The highest BCUT2D eigenvalue weighted by molar-refractivity contribution is 6.39. The van der Waals surface area contributed by atoms with E-state index in [1.54, 1.807) is 24.3 Å². The molecule has 26 heavy (non-hydrogen) atoms. The third kappa shape index (κ3) is 5.45. The number of aromatic carboxylic acids is 1. The number of nitrogens with one attached hydrogen (secondary N) is 2. The summed E-state index contributed by atoms with van der Waals surface area (Å²) < 4.78 is 5.29. The fourth-order valence-electron chi connectivity index (χ4n) is 1.92. The van der Waals surface area contributed by atoms with Gasteiger partial charge in [0.25, 0.3) is 0 Å². The van der Waals surface area contributed by atoms with E-state index in [9.17, 15) is 14.4 Å².